The number of amides is 1. The van der Waals surface area contributed by atoms with Gasteiger partial charge < -0.3 is 15.8 Å². The van der Waals surface area contributed by atoms with E-state index in [0.29, 0.717) is 18.9 Å². The van der Waals surface area contributed by atoms with Crippen molar-refractivity contribution in [3.8, 4) is 0 Å². The van der Waals surface area contributed by atoms with E-state index in [2.05, 4.69) is 26.1 Å². The van der Waals surface area contributed by atoms with E-state index in [9.17, 15) is 4.79 Å². The first-order chi connectivity index (χ1) is 9.94. The van der Waals surface area contributed by atoms with Crippen LogP contribution in [-0.2, 0) is 9.53 Å². The summed E-state index contributed by atoms with van der Waals surface area (Å²) in [5.41, 5.74) is 5.94. The van der Waals surface area contributed by atoms with Gasteiger partial charge in [0.15, 0.2) is 0 Å². The van der Waals surface area contributed by atoms with Gasteiger partial charge >= 0.3 is 0 Å². The van der Waals surface area contributed by atoms with Crippen molar-refractivity contribution >= 4 is 5.91 Å². The van der Waals surface area contributed by atoms with Gasteiger partial charge in [-0.05, 0) is 38.0 Å². The van der Waals surface area contributed by atoms with Gasteiger partial charge in [0.2, 0.25) is 5.91 Å². The molecule has 4 heteroatoms. The molecule has 1 aliphatic rings. The number of nitrogens with two attached hydrogens (primary N) is 1. The minimum absolute atomic E-state index is 0.00699. The highest BCUT2D eigenvalue weighted by atomic mass is 16.5. The zero-order valence-electron chi connectivity index (χ0n) is 14.3. The van der Waals surface area contributed by atoms with E-state index in [1.54, 1.807) is 0 Å². The molecule has 0 heterocycles. The van der Waals surface area contributed by atoms with Crippen molar-refractivity contribution in [2.45, 2.75) is 90.4 Å². The Labute approximate surface area is 130 Å². The summed E-state index contributed by atoms with van der Waals surface area (Å²) in [7, 11) is 0. The van der Waals surface area contributed by atoms with Crippen molar-refractivity contribution in [2.24, 2.45) is 11.7 Å². The molecule has 0 radical (unpaired) electrons. The standard InChI is InChI=1S/C17H34N2O2/c1-5-15(21-14-10-8-9-13(4)11-14)16(20)19-12-17(18,6-2)7-3/h13-15H,5-12,18H2,1-4H3,(H,19,20). The second-order valence-electron chi connectivity index (χ2n) is 6.71. The minimum atomic E-state index is -0.335. The van der Waals surface area contributed by atoms with E-state index in [4.69, 9.17) is 10.5 Å². The summed E-state index contributed by atoms with van der Waals surface area (Å²) in [5.74, 6) is 0.702. The van der Waals surface area contributed by atoms with E-state index in [-0.39, 0.29) is 23.7 Å². The molecule has 1 fully saturated rings. The highest BCUT2D eigenvalue weighted by molar-refractivity contribution is 5.80. The van der Waals surface area contributed by atoms with Crippen molar-refractivity contribution < 1.29 is 9.53 Å². The molecule has 0 aliphatic heterocycles. The Kier molecular flexibility index (Phi) is 7.67. The predicted octanol–water partition coefficient (Wildman–Crippen LogP) is 2.99. The van der Waals surface area contributed by atoms with E-state index >= 15 is 0 Å². The molecule has 3 atom stereocenters. The molecule has 4 nitrogen and oxygen atoms in total. The fraction of sp³-hybridized carbons (Fsp3) is 0.941. The summed E-state index contributed by atoms with van der Waals surface area (Å²) in [5, 5.41) is 2.99. The van der Waals surface area contributed by atoms with Crippen molar-refractivity contribution in [3.63, 3.8) is 0 Å². The third-order valence-corrected chi connectivity index (χ3v) is 4.93. The Bertz CT molecular complexity index is 316. The van der Waals surface area contributed by atoms with E-state index in [1.807, 2.05) is 6.92 Å². The van der Waals surface area contributed by atoms with Gasteiger partial charge in [0.25, 0.3) is 0 Å². The van der Waals surface area contributed by atoms with E-state index in [0.717, 1.165) is 25.7 Å². The van der Waals surface area contributed by atoms with Crippen molar-refractivity contribution in [2.75, 3.05) is 6.54 Å². The van der Waals surface area contributed by atoms with Gasteiger partial charge in [0.05, 0.1) is 6.10 Å². The molecule has 1 rings (SSSR count). The lowest BCUT2D eigenvalue weighted by molar-refractivity contribution is -0.139. The van der Waals surface area contributed by atoms with E-state index < -0.39 is 0 Å². The van der Waals surface area contributed by atoms with Crippen LogP contribution in [-0.4, -0.2) is 30.2 Å². The van der Waals surface area contributed by atoms with Crippen molar-refractivity contribution in [3.05, 3.63) is 0 Å². The first-order valence-corrected chi connectivity index (χ1v) is 8.66. The van der Waals surface area contributed by atoms with Crippen LogP contribution in [0.1, 0.15) is 72.6 Å². The Morgan fingerprint density at radius 3 is 2.52 bits per heavy atom. The molecule has 0 spiro atoms. The number of ether oxygens (including phenoxy) is 1. The minimum Gasteiger partial charge on any atom is -0.365 e. The topological polar surface area (TPSA) is 64.3 Å². The molecule has 0 aromatic carbocycles. The Hall–Kier alpha value is -0.610. The Morgan fingerprint density at radius 2 is 2.00 bits per heavy atom. The number of hydrogen-bond acceptors (Lipinski definition) is 3. The quantitative estimate of drug-likeness (QED) is 0.724. The average molecular weight is 298 g/mol. The van der Waals surface area contributed by atoms with Crippen molar-refractivity contribution in [1.82, 2.24) is 5.32 Å². The maximum Gasteiger partial charge on any atom is 0.249 e. The van der Waals surface area contributed by atoms with Gasteiger partial charge in [0, 0.05) is 12.1 Å². The molecule has 21 heavy (non-hydrogen) atoms. The summed E-state index contributed by atoms with van der Waals surface area (Å²) in [6, 6.07) is 0. The molecule has 0 aromatic rings. The van der Waals surface area contributed by atoms with Gasteiger partial charge in [0.1, 0.15) is 6.10 Å². The van der Waals surface area contributed by atoms with E-state index in [1.165, 1.54) is 12.8 Å². The number of carbonyl (C=O) groups is 1. The maximum atomic E-state index is 12.3. The maximum absolute atomic E-state index is 12.3. The third kappa shape index (κ3) is 5.95. The number of hydrogen-bond donors (Lipinski definition) is 2. The van der Waals surface area contributed by atoms with Crippen LogP contribution in [0.5, 0.6) is 0 Å². The normalized spacial score (nSPS) is 24.6. The lowest BCUT2D eigenvalue weighted by Crippen LogP contribution is -2.51. The van der Waals surface area contributed by atoms with Crippen LogP contribution in [0.2, 0.25) is 0 Å². The zero-order chi connectivity index (χ0) is 15.9. The summed E-state index contributed by atoms with van der Waals surface area (Å²) in [6.45, 7) is 8.92. The van der Waals surface area contributed by atoms with Gasteiger partial charge in [-0.15, -0.1) is 0 Å². The first kappa shape index (κ1) is 18.4. The predicted molar refractivity (Wildman–Crippen MR) is 87.1 cm³/mol. The summed E-state index contributed by atoms with van der Waals surface area (Å²) < 4.78 is 6.05. The monoisotopic (exact) mass is 298 g/mol. The van der Waals surface area contributed by atoms with Crippen LogP contribution in [0.25, 0.3) is 0 Å². The van der Waals surface area contributed by atoms with Gasteiger partial charge in [-0.1, -0.05) is 40.5 Å². The van der Waals surface area contributed by atoms with Gasteiger partial charge in [-0.25, -0.2) is 0 Å². The molecule has 1 saturated carbocycles. The average Bonchev–Trinajstić information content (AvgIpc) is 2.50. The highest BCUT2D eigenvalue weighted by Gasteiger charge is 2.27. The molecule has 0 saturated heterocycles. The molecule has 1 amide bonds. The fourth-order valence-corrected chi connectivity index (χ4v) is 2.95. The van der Waals surface area contributed by atoms with Crippen LogP contribution in [0.4, 0.5) is 0 Å². The molecule has 1 aliphatic carbocycles. The second-order valence-corrected chi connectivity index (χ2v) is 6.71. The molecule has 3 N–H and O–H groups in total. The Balaban J connectivity index is 2.45. The molecular weight excluding hydrogens is 264 g/mol. The highest BCUT2D eigenvalue weighted by Crippen LogP contribution is 2.27. The Morgan fingerprint density at radius 1 is 1.33 bits per heavy atom. The number of carbonyl (C=O) groups excluding carboxylic acids is 1. The molecule has 0 aromatic heterocycles. The molecule has 3 unspecified atom stereocenters. The van der Waals surface area contributed by atoms with Crippen molar-refractivity contribution in [1.29, 1.82) is 0 Å². The zero-order valence-corrected chi connectivity index (χ0v) is 14.3. The third-order valence-electron chi connectivity index (χ3n) is 4.93. The number of nitrogens with one attached hydrogen (secondary N) is 1. The van der Waals surface area contributed by atoms with Gasteiger partial charge in [-0.3, -0.25) is 4.79 Å². The lowest BCUT2D eigenvalue weighted by Gasteiger charge is -2.31. The summed E-state index contributed by atoms with van der Waals surface area (Å²) >= 11 is 0. The van der Waals surface area contributed by atoms with Crippen LogP contribution in [0, 0.1) is 5.92 Å². The molecule has 124 valence electrons. The van der Waals surface area contributed by atoms with Gasteiger partial charge in [-0.2, -0.15) is 0 Å². The van der Waals surface area contributed by atoms with Crippen LogP contribution >= 0.6 is 0 Å². The molecular formula is C17H34N2O2. The van der Waals surface area contributed by atoms with Crippen LogP contribution < -0.4 is 11.1 Å². The lowest BCUT2D eigenvalue weighted by atomic mass is 9.88. The first-order valence-electron chi connectivity index (χ1n) is 8.66. The number of rotatable bonds is 8. The largest absolute Gasteiger partial charge is 0.365 e. The second kappa shape index (κ2) is 8.74. The fourth-order valence-electron chi connectivity index (χ4n) is 2.95. The van der Waals surface area contributed by atoms with Crippen LogP contribution in [0.15, 0.2) is 0 Å². The SMILES string of the molecule is CCC(OC1CCCC(C)C1)C(=O)NCC(N)(CC)CC. The molecule has 0 bridgehead atoms. The summed E-state index contributed by atoms with van der Waals surface area (Å²) in [6.07, 6.45) is 7.00. The smallest absolute Gasteiger partial charge is 0.249 e. The summed E-state index contributed by atoms with van der Waals surface area (Å²) in [4.78, 5) is 12.3. The van der Waals surface area contributed by atoms with Crippen LogP contribution in [0.3, 0.4) is 0 Å².